The number of likely N-dealkylation sites (tertiary alicyclic amines) is 1. The van der Waals surface area contributed by atoms with Gasteiger partial charge in [0.15, 0.2) is 0 Å². The third-order valence-corrected chi connectivity index (χ3v) is 18.3. The molecule has 2 nitrogen and oxygen atoms in total. The van der Waals surface area contributed by atoms with E-state index in [1.54, 1.807) is 5.57 Å². The Bertz CT molecular complexity index is 1610. The van der Waals surface area contributed by atoms with Crippen LogP contribution >= 0.6 is 19.4 Å². The molecule has 1 atom stereocenters. The van der Waals surface area contributed by atoms with Crippen molar-refractivity contribution in [3.63, 3.8) is 0 Å². The molecule has 0 aromatic heterocycles. The summed E-state index contributed by atoms with van der Waals surface area (Å²) in [6.45, 7) is 9.30. The van der Waals surface area contributed by atoms with Crippen LogP contribution in [0.1, 0.15) is 115 Å². The second kappa shape index (κ2) is 11.2. The molecular formula is C40H51Cl2NORu. The van der Waals surface area contributed by atoms with Gasteiger partial charge in [0, 0.05) is 0 Å². The summed E-state index contributed by atoms with van der Waals surface area (Å²) >= 11 is -3.75. The second-order valence-electron chi connectivity index (χ2n) is 16.2. The minimum atomic E-state index is -3.75. The minimum absolute atomic E-state index is 0.0833. The molecule has 2 aromatic rings. The first kappa shape index (κ1) is 31.2. The van der Waals surface area contributed by atoms with E-state index in [9.17, 15) is 0 Å². The molecule has 244 valence electrons. The molecule has 1 heterocycles. The van der Waals surface area contributed by atoms with Crippen LogP contribution in [0.15, 0.2) is 60.2 Å². The summed E-state index contributed by atoms with van der Waals surface area (Å²) in [6.07, 6.45) is 18.4. The summed E-state index contributed by atoms with van der Waals surface area (Å²) in [6, 6.07) is 17.8. The molecule has 4 bridgehead atoms. The molecule has 6 fully saturated rings. The molecule has 1 saturated heterocycles. The molecule has 1 aliphatic heterocycles. The number of rotatable bonds is 5. The quantitative estimate of drug-likeness (QED) is 0.224. The number of fused-ring (bicyclic) bond motifs is 3. The number of para-hydroxylation sites is 1. The molecular weight excluding hydrogens is 682 g/mol. The molecule has 5 heteroatoms. The van der Waals surface area contributed by atoms with Gasteiger partial charge in [-0.25, -0.2) is 0 Å². The Labute approximate surface area is 281 Å². The number of nitrogens with zero attached hydrogens (tertiary/aromatic N) is 1. The number of halogens is 2. The first-order valence-electron chi connectivity index (χ1n) is 17.7. The van der Waals surface area contributed by atoms with Gasteiger partial charge >= 0.3 is 283 Å². The topological polar surface area (TPSA) is 12.5 Å². The molecule has 0 N–H and O–H groups in total. The Morgan fingerprint density at radius 3 is 2.16 bits per heavy atom. The molecule has 6 aliphatic carbocycles. The maximum atomic E-state index is 8.26. The van der Waals surface area contributed by atoms with Crippen LogP contribution < -0.4 is 4.74 Å². The van der Waals surface area contributed by atoms with Gasteiger partial charge in [-0.1, -0.05) is 0 Å². The van der Waals surface area contributed by atoms with Crippen LogP contribution in [0, 0.1) is 23.7 Å². The fraction of sp³-hybridized carbons (Fsp3) is 0.600. The van der Waals surface area contributed by atoms with Gasteiger partial charge in [-0.3, -0.25) is 0 Å². The van der Waals surface area contributed by atoms with Gasteiger partial charge in [-0.15, -0.1) is 0 Å². The van der Waals surface area contributed by atoms with Gasteiger partial charge in [0.05, 0.1) is 0 Å². The predicted octanol–water partition coefficient (Wildman–Crippen LogP) is 10.3. The van der Waals surface area contributed by atoms with Gasteiger partial charge in [-0.05, 0) is 0 Å². The number of benzene rings is 2. The van der Waals surface area contributed by atoms with E-state index in [1.807, 2.05) is 0 Å². The zero-order chi connectivity index (χ0) is 31.2. The van der Waals surface area contributed by atoms with Crippen molar-refractivity contribution in [1.29, 1.82) is 0 Å². The van der Waals surface area contributed by atoms with Crippen molar-refractivity contribution in [2.75, 3.05) is 0 Å². The summed E-state index contributed by atoms with van der Waals surface area (Å²) in [5.74, 6) is 3.94. The van der Waals surface area contributed by atoms with Gasteiger partial charge in [0.25, 0.3) is 0 Å². The molecule has 0 radical (unpaired) electrons. The molecule has 2 aromatic carbocycles. The first-order chi connectivity index (χ1) is 21.5. The van der Waals surface area contributed by atoms with Crippen LogP contribution in [0.2, 0.25) is 0 Å². The van der Waals surface area contributed by atoms with Crippen LogP contribution in [0.4, 0.5) is 0 Å². The van der Waals surface area contributed by atoms with E-state index >= 15 is 0 Å². The normalized spacial score (nSPS) is 34.4. The van der Waals surface area contributed by atoms with Gasteiger partial charge in [0.1, 0.15) is 0 Å². The van der Waals surface area contributed by atoms with E-state index in [1.165, 1.54) is 86.0 Å². The Hall–Kier alpha value is -1.12. The van der Waals surface area contributed by atoms with E-state index in [4.69, 9.17) is 24.1 Å². The van der Waals surface area contributed by atoms with Crippen molar-refractivity contribution in [2.24, 2.45) is 23.7 Å². The van der Waals surface area contributed by atoms with Crippen molar-refractivity contribution >= 4 is 28.2 Å². The van der Waals surface area contributed by atoms with Gasteiger partial charge in [0.2, 0.25) is 0 Å². The number of allylic oxidation sites excluding steroid dienone is 1. The fourth-order valence-corrected chi connectivity index (χ4v) is 19.2. The average Bonchev–Trinajstić information content (AvgIpc) is 3.23. The number of hydrogen-bond acceptors (Lipinski definition) is 2. The Morgan fingerprint density at radius 1 is 0.867 bits per heavy atom. The molecule has 7 aliphatic rings. The standard InChI is InChI=1S/C30H39N.C10H12O.2ClH.Ru/c1-28(2)27-13-12-24-8-6-7-11-26(24)30(27,25-9-4-3-5-10-25)20-31(28)29-17-21-14-22(18-29)16-23(15-21)19-29;1-8(2)11-10-7-5-4-6-9(10)3;;;/h6-8,11,13,21-23,25H,3-5,9-10,12,14-19H2,1-2H3;3-8H,1-2H3;2*1H;/q;;;;+2/p-2/t21?,22?,23?,29?,30-;;;;/m1..../s1. The maximum absolute atomic E-state index is 8.26. The van der Waals surface area contributed by atoms with E-state index < -0.39 is 11.9 Å². The van der Waals surface area contributed by atoms with Crippen molar-refractivity contribution < 1.29 is 16.6 Å². The summed E-state index contributed by atoms with van der Waals surface area (Å²) in [4.78, 5) is 3.00. The summed E-state index contributed by atoms with van der Waals surface area (Å²) in [5, 5.41) is 0. The van der Waals surface area contributed by atoms with E-state index in [2.05, 4.69) is 91.8 Å². The monoisotopic (exact) mass is 733 g/mol. The molecule has 0 amide bonds. The SMILES string of the molecule is CC(C)Oc1ccccc1[CH]=[Ru]([Cl])([Cl])=[C]1N(C23CC4CC(CC(C4)C2)C3)C(C)(C)C2=CCc3ccccc3[C@@]21C1CCCCC1. The van der Waals surface area contributed by atoms with Crippen LogP contribution in [0.25, 0.3) is 0 Å². The number of ether oxygens (including phenoxy) is 1. The van der Waals surface area contributed by atoms with Crippen LogP contribution in [-0.4, -0.2) is 30.9 Å². The Morgan fingerprint density at radius 2 is 1.49 bits per heavy atom. The molecule has 0 unspecified atom stereocenters. The summed E-state index contributed by atoms with van der Waals surface area (Å²) in [7, 11) is 16.5. The zero-order valence-corrected chi connectivity index (χ0v) is 30.9. The van der Waals surface area contributed by atoms with Gasteiger partial charge < -0.3 is 0 Å². The van der Waals surface area contributed by atoms with Crippen LogP contribution in [0.3, 0.4) is 0 Å². The summed E-state index contributed by atoms with van der Waals surface area (Å²) in [5.41, 5.74) is 5.39. The predicted molar refractivity (Wildman–Crippen MR) is 187 cm³/mol. The third kappa shape index (κ3) is 4.82. The van der Waals surface area contributed by atoms with Crippen molar-refractivity contribution in [3.8, 4) is 5.75 Å². The molecule has 5 saturated carbocycles. The van der Waals surface area contributed by atoms with Crippen molar-refractivity contribution in [2.45, 2.75) is 127 Å². The zero-order valence-electron chi connectivity index (χ0n) is 27.6. The third-order valence-electron chi connectivity index (χ3n) is 12.6. The van der Waals surface area contributed by atoms with E-state index in [0.717, 1.165) is 35.5 Å². The van der Waals surface area contributed by atoms with Gasteiger partial charge in [-0.2, -0.15) is 0 Å². The fourth-order valence-electron chi connectivity index (χ4n) is 11.8. The Balaban J connectivity index is 1.48. The summed E-state index contributed by atoms with van der Waals surface area (Å²) < 4.78 is 10.1. The average molecular weight is 734 g/mol. The van der Waals surface area contributed by atoms with Crippen LogP contribution in [-0.2, 0) is 23.7 Å². The van der Waals surface area contributed by atoms with Crippen molar-refractivity contribution in [1.82, 2.24) is 4.90 Å². The molecule has 0 spiro atoms. The number of hydrogen-bond donors (Lipinski definition) is 0. The molecule has 9 rings (SSSR count). The first-order valence-corrected chi connectivity index (χ1v) is 24.1. The molecule has 45 heavy (non-hydrogen) atoms. The Kier molecular flexibility index (Phi) is 7.77. The van der Waals surface area contributed by atoms with Crippen molar-refractivity contribution in [3.05, 3.63) is 76.9 Å². The van der Waals surface area contributed by atoms with Crippen LogP contribution in [0.5, 0.6) is 5.75 Å². The van der Waals surface area contributed by atoms with E-state index in [-0.39, 0.29) is 22.6 Å². The second-order valence-corrected chi connectivity index (χ2v) is 25.5. The van der Waals surface area contributed by atoms with E-state index in [0.29, 0.717) is 5.92 Å².